The first-order valence-corrected chi connectivity index (χ1v) is 12.0. The predicted molar refractivity (Wildman–Crippen MR) is 132 cm³/mol. The van der Waals surface area contributed by atoms with Gasteiger partial charge in [-0.25, -0.2) is 4.98 Å². The molecule has 0 aromatic carbocycles. The minimum Gasteiger partial charge on any atom is -0.303 e. The molecule has 0 amide bonds. The van der Waals surface area contributed by atoms with Crippen LogP contribution in [0.25, 0.3) is 17.2 Å². The number of rotatable bonds is 5. The Morgan fingerprint density at radius 1 is 0.781 bits per heavy atom. The first kappa shape index (κ1) is 22.3. The predicted octanol–water partition coefficient (Wildman–Crippen LogP) is 6.84. The highest BCUT2D eigenvalue weighted by Gasteiger charge is 2.20. The molecule has 0 saturated heterocycles. The smallest absolute Gasteiger partial charge is 0.143 e. The van der Waals surface area contributed by atoms with Crippen LogP contribution < -0.4 is 0 Å². The minimum absolute atomic E-state index is 0.419. The summed E-state index contributed by atoms with van der Waals surface area (Å²) in [5.41, 5.74) is 6.91. The molecule has 0 N–H and O–H groups in total. The second kappa shape index (κ2) is 9.72. The number of aldehydes is 1. The van der Waals surface area contributed by atoms with Gasteiger partial charge in [0.2, 0.25) is 0 Å². The monoisotopic (exact) mass is 429 g/mol. The molecule has 1 fully saturated rings. The molecular formula is C28H35N3O. The normalized spacial score (nSPS) is 16.1. The van der Waals surface area contributed by atoms with Gasteiger partial charge in [-0.3, -0.25) is 4.79 Å². The summed E-state index contributed by atoms with van der Waals surface area (Å²) in [6.45, 7) is 8.46. The molecule has 0 spiro atoms. The number of aryl methyl sites for hydroxylation is 4. The number of carbonyl (C=O) groups is 1. The molecule has 4 rings (SSSR count). The lowest BCUT2D eigenvalue weighted by atomic mass is 9.82. The summed E-state index contributed by atoms with van der Waals surface area (Å²) in [6, 6.07) is 12.9. The third-order valence-electron chi connectivity index (χ3n) is 6.92. The number of pyridine rings is 1. The van der Waals surface area contributed by atoms with Gasteiger partial charge in [0.1, 0.15) is 17.9 Å². The van der Waals surface area contributed by atoms with Crippen molar-refractivity contribution in [3.63, 3.8) is 0 Å². The van der Waals surface area contributed by atoms with E-state index in [0.717, 1.165) is 64.7 Å². The van der Waals surface area contributed by atoms with Crippen LogP contribution in [-0.2, 0) is 4.79 Å². The molecule has 3 aromatic rings. The van der Waals surface area contributed by atoms with Gasteiger partial charge in [-0.15, -0.1) is 0 Å². The van der Waals surface area contributed by atoms with Crippen LogP contribution in [0.2, 0.25) is 0 Å². The topological polar surface area (TPSA) is 39.8 Å². The number of carbonyl (C=O) groups excluding carboxylic acids is 1. The molecule has 168 valence electrons. The average Bonchev–Trinajstić information content (AvgIpc) is 3.26. The summed E-state index contributed by atoms with van der Waals surface area (Å²) in [4.78, 5) is 16.8. The van der Waals surface area contributed by atoms with Gasteiger partial charge in [-0.2, -0.15) is 0 Å². The van der Waals surface area contributed by atoms with Crippen LogP contribution in [-0.4, -0.2) is 20.4 Å². The molecule has 4 nitrogen and oxygen atoms in total. The molecule has 3 heterocycles. The molecule has 1 aliphatic carbocycles. The van der Waals surface area contributed by atoms with Crippen LogP contribution in [0.1, 0.15) is 73.3 Å². The van der Waals surface area contributed by atoms with Crippen molar-refractivity contribution in [3.8, 4) is 11.6 Å². The fourth-order valence-electron chi connectivity index (χ4n) is 5.27. The minimum atomic E-state index is 0.419. The van der Waals surface area contributed by atoms with Crippen LogP contribution in [0.3, 0.4) is 0 Å². The van der Waals surface area contributed by atoms with E-state index in [1.54, 1.807) is 6.08 Å². The maximum Gasteiger partial charge on any atom is 0.143 e. The molecular weight excluding hydrogens is 394 g/mol. The molecule has 32 heavy (non-hydrogen) atoms. The Labute approximate surface area is 192 Å². The third-order valence-corrected chi connectivity index (χ3v) is 6.92. The van der Waals surface area contributed by atoms with Crippen LogP contribution in [0.4, 0.5) is 0 Å². The molecule has 0 aliphatic heterocycles. The van der Waals surface area contributed by atoms with E-state index in [1.165, 1.54) is 32.1 Å². The first-order valence-electron chi connectivity index (χ1n) is 12.0. The van der Waals surface area contributed by atoms with E-state index < -0.39 is 0 Å². The summed E-state index contributed by atoms with van der Waals surface area (Å²) in [7, 11) is 0. The van der Waals surface area contributed by atoms with Crippen LogP contribution in [0, 0.1) is 33.6 Å². The lowest BCUT2D eigenvalue weighted by molar-refractivity contribution is -0.104. The Kier molecular flexibility index (Phi) is 6.78. The number of hydrogen-bond acceptors (Lipinski definition) is 2. The first-order chi connectivity index (χ1) is 15.5. The molecule has 1 saturated carbocycles. The van der Waals surface area contributed by atoms with E-state index in [4.69, 9.17) is 4.98 Å². The Balaban J connectivity index is 1.90. The zero-order valence-corrected chi connectivity index (χ0v) is 19.9. The molecule has 1 aliphatic rings. The zero-order chi connectivity index (χ0) is 22.7. The van der Waals surface area contributed by atoms with E-state index in [-0.39, 0.29) is 0 Å². The molecule has 0 bridgehead atoms. The number of nitrogens with zero attached hydrogens (tertiary/aromatic N) is 3. The second-order valence-electron chi connectivity index (χ2n) is 9.28. The maximum absolute atomic E-state index is 11.7. The molecule has 3 aromatic heterocycles. The Hall–Kier alpha value is -2.88. The van der Waals surface area contributed by atoms with Gasteiger partial charge in [-0.1, -0.05) is 32.1 Å². The van der Waals surface area contributed by atoms with E-state index in [1.807, 2.05) is 0 Å². The van der Waals surface area contributed by atoms with Crippen molar-refractivity contribution < 1.29 is 4.79 Å². The average molecular weight is 430 g/mol. The van der Waals surface area contributed by atoms with E-state index in [0.29, 0.717) is 5.92 Å². The molecule has 0 radical (unpaired) electrons. The van der Waals surface area contributed by atoms with E-state index in [9.17, 15) is 4.79 Å². The van der Waals surface area contributed by atoms with Crippen molar-refractivity contribution in [2.45, 2.75) is 72.6 Å². The summed E-state index contributed by atoms with van der Waals surface area (Å²) >= 11 is 0. The van der Waals surface area contributed by atoms with Gasteiger partial charge >= 0.3 is 0 Å². The standard InChI is InChI=1S/C28H35N3O/c1-20-12-13-21(2)30(20)27-18-25(19-28(29-27)31-22(3)14-15-23(31)4)26(16-17-32)24-10-8-6-5-7-9-11-24/h12-19,24H,5-11H2,1-4H3/b26-16-. The van der Waals surface area contributed by atoms with Crippen LogP contribution in [0.5, 0.6) is 0 Å². The van der Waals surface area contributed by atoms with Crippen molar-refractivity contribution in [2.24, 2.45) is 5.92 Å². The second-order valence-corrected chi connectivity index (χ2v) is 9.28. The molecule has 0 atom stereocenters. The lowest BCUT2D eigenvalue weighted by Gasteiger charge is -2.24. The zero-order valence-electron chi connectivity index (χ0n) is 19.9. The van der Waals surface area contributed by atoms with Gasteiger partial charge in [0.15, 0.2) is 0 Å². The quantitative estimate of drug-likeness (QED) is 0.329. The van der Waals surface area contributed by atoms with Crippen LogP contribution in [0.15, 0.2) is 42.5 Å². The SMILES string of the molecule is Cc1ccc(C)n1-c1cc(/C(=C\C=O)C2CCCCCCC2)cc(-n2c(C)ccc2C)n1. The summed E-state index contributed by atoms with van der Waals surface area (Å²) in [6.07, 6.45) is 11.5. The van der Waals surface area contributed by atoms with E-state index in [2.05, 4.69) is 73.2 Å². The summed E-state index contributed by atoms with van der Waals surface area (Å²) in [5, 5.41) is 0. The van der Waals surface area contributed by atoms with Crippen molar-refractivity contribution >= 4 is 11.9 Å². The third kappa shape index (κ3) is 4.50. The summed E-state index contributed by atoms with van der Waals surface area (Å²) < 4.78 is 4.41. The van der Waals surface area contributed by atoms with Crippen molar-refractivity contribution in [3.05, 3.63) is 70.8 Å². The van der Waals surface area contributed by atoms with Crippen molar-refractivity contribution in [1.29, 1.82) is 0 Å². The largest absolute Gasteiger partial charge is 0.303 e. The van der Waals surface area contributed by atoms with E-state index >= 15 is 0 Å². The highest BCUT2D eigenvalue weighted by Crippen LogP contribution is 2.35. The maximum atomic E-state index is 11.7. The summed E-state index contributed by atoms with van der Waals surface area (Å²) in [5.74, 6) is 2.24. The van der Waals surface area contributed by atoms with Gasteiger partial charge in [-0.05, 0) is 100 Å². The lowest BCUT2D eigenvalue weighted by Crippen LogP contribution is -2.11. The number of allylic oxidation sites excluding steroid dienone is 2. The molecule has 4 heteroatoms. The molecule has 0 unspecified atom stereocenters. The highest BCUT2D eigenvalue weighted by atomic mass is 16.1. The highest BCUT2D eigenvalue weighted by molar-refractivity contribution is 5.83. The van der Waals surface area contributed by atoms with Gasteiger partial charge < -0.3 is 9.13 Å². The van der Waals surface area contributed by atoms with Gasteiger partial charge in [0.05, 0.1) is 0 Å². The van der Waals surface area contributed by atoms with Gasteiger partial charge in [0, 0.05) is 22.8 Å². The van der Waals surface area contributed by atoms with Crippen molar-refractivity contribution in [1.82, 2.24) is 14.1 Å². The number of aromatic nitrogens is 3. The van der Waals surface area contributed by atoms with Crippen LogP contribution >= 0.6 is 0 Å². The Morgan fingerprint density at radius 3 is 1.66 bits per heavy atom. The fraction of sp³-hybridized carbons (Fsp3) is 0.429. The van der Waals surface area contributed by atoms with Crippen molar-refractivity contribution in [2.75, 3.05) is 0 Å². The fourth-order valence-corrected chi connectivity index (χ4v) is 5.27. The van der Waals surface area contributed by atoms with Gasteiger partial charge in [0.25, 0.3) is 0 Å². The Morgan fingerprint density at radius 2 is 1.22 bits per heavy atom. The Bertz CT molecular complexity index is 1020. The number of hydrogen-bond donors (Lipinski definition) is 0.